The maximum Gasteiger partial charge on any atom is 0.319 e. The number of amides is 3. The van der Waals surface area contributed by atoms with E-state index in [2.05, 4.69) is 16.0 Å². The molecule has 0 atom stereocenters. The highest BCUT2D eigenvalue weighted by molar-refractivity contribution is 5.92. The van der Waals surface area contributed by atoms with Crippen molar-refractivity contribution in [3.63, 3.8) is 0 Å². The van der Waals surface area contributed by atoms with E-state index < -0.39 is 11.8 Å². The SMILES string of the molecule is CC1(C)Oc2ccc(NC(=O)NCC(=O)NC3CCCCC3)cc2O1. The molecule has 0 aromatic heterocycles. The zero-order chi connectivity index (χ0) is 17.9. The molecule has 0 bridgehead atoms. The van der Waals surface area contributed by atoms with Crippen LogP contribution < -0.4 is 25.4 Å². The van der Waals surface area contributed by atoms with Gasteiger partial charge in [0.05, 0.1) is 6.54 Å². The van der Waals surface area contributed by atoms with E-state index in [1.807, 2.05) is 13.8 Å². The summed E-state index contributed by atoms with van der Waals surface area (Å²) in [6.45, 7) is 3.59. The molecule has 1 heterocycles. The Kier molecular flexibility index (Phi) is 5.01. The average Bonchev–Trinajstić information content (AvgIpc) is 2.87. The van der Waals surface area contributed by atoms with Gasteiger partial charge in [-0.05, 0) is 25.0 Å². The summed E-state index contributed by atoms with van der Waals surface area (Å²) in [5, 5.41) is 8.23. The van der Waals surface area contributed by atoms with Gasteiger partial charge in [-0.1, -0.05) is 19.3 Å². The number of benzene rings is 1. The standard InChI is InChI=1S/C18H25N3O4/c1-18(2)24-14-9-8-13(10-15(14)25-18)21-17(23)19-11-16(22)20-12-6-4-3-5-7-12/h8-10,12H,3-7,11H2,1-2H3,(H,20,22)(H2,19,21,23). The Labute approximate surface area is 147 Å². The minimum Gasteiger partial charge on any atom is -0.449 e. The number of urea groups is 1. The third-order valence-corrected chi connectivity index (χ3v) is 4.29. The quantitative estimate of drug-likeness (QED) is 0.781. The maximum absolute atomic E-state index is 12.0. The number of carbonyl (C=O) groups excluding carboxylic acids is 2. The van der Waals surface area contributed by atoms with Crippen molar-refractivity contribution in [1.82, 2.24) is 10.6 Å². The third-order valence-electron chi connectivity index (χ3n) is 4.29. The normalized spacial score (nSPS) is 18.5. The summed E-state index contributed by atoms with van der Waals surface area (Å²) in [6, 6.07) is 4.98. The van der Waals surface area contributed by atoms with Crippen LogP contribution in [0.1, 0.15) is 46.0 Å². The number of rotatable bonds is 4. The second-order valence-corrected chi connectivity index (χ2v) is 6.98. The van der Waals surface area contributed by atoms with Gasteiger partial charge >= 0.3 is 6.03 Å². The molecule has 1 aromatic carbocycles. The zero-order valence-electron chi connectivity index (χ0n) is 14.7. The van der Waals surface area contributed by atoms with Gasteiger partial charge in [0.2, 0.25) is 11.7 Å². The molecule has 3 amide bonds. The summed E-state index contributed by atoms with van der Waals surface area (Å²) >= 11 is 0. The van der Waals surface area contributed by atoms with Gasteiger partial charge in [-0.15, -0.1) is 0 Å². The Hall–Kier alpha value is -2.44. The molecule has 7 heteroatoms. The van der Waals surface area contributed by atoms with Crippen LogP contribution in [0.3, 0.4) is 0 Å². The molecule has 1 aromatic rings. The predicted molar refractivity (Wildman–Crippen MR) is 93.8 cm³/mol. The molecule has 1 aliphatic heterocycles. The number of fused-ring (bicyclic) bond motifs is 1. The van der Waals surface area contributed by atoms with Gasteiger partial charge < -0.3 is 25.4 Å². The molecule has 0 saturated heterocycles. The topological polar surface area (TPSA) is 88.7 Å². The molecule has 1 aliphatic carbocycles. The highest BCUT2D eigenvalue weighted by Crippen LogP contribution is 2.40. The number of nitrogens with one attached hydrogen (secondary N) is 3. The summed E-state index contributed by atoms with van der Waals surface area (Å²) < 4.78 is 11.2. The molecule has 7 nitrogen and oxygen atoms in total. The minimum absolute atomic E-state index is 0.0417. The van der Waals surface area contributed by atoms with E-state index in [-0.39, 0.29) is 18.5 Å². The highest BCUT2D eigenvalue weighted by Gasteiger charge is 2.31. The van der Waals surface area contributed by atoms with Crippen molar-refractivity contribution >= 4 is 17.6 Å². The van der Waals surface area contributed by atoms with Crippen molar-refractivity contribution in [2.24, 2.45) is 0 Å². The van der Waals surface area contributed by atoms with E-state index >= 15 is 0 Å². The Balaban J connectivity index is 1.44. The van der Waals surface area contributed by atoms with Crippen molar-refractivity contribution in [3.8, 4) is 11.5 Å². The zero-order valence-corrected chi connectivity index (χ0v) is 14.7. The lowest BCUT2D eigenvalue weighted by Crippen LogP contribution is -2.43. The Morgan fingerprint density at radius 2 is 1.84 bits per heavy atom. The van der Waals surface area contributed by atoms with Crippen LogP contribution in [-0.2, 0) is 4.79 Å². The lowest BCUT2D eigenvalue weighted by molar-refractivity contribution is -0.121. The molecule has 1 fully saturated rings. The van der Waals surface area contributed by atoms with Gasteiger partial charge in [-0.3, -0.25) is 4.79 Å². The lowest BCUT2D eigenvalue weighted by Gasteiger charge is -2.22. The molecule has 0 spiro atoms. The van der Waals surface area contributed by atoms with E-state index in [4.69, 9.17) is 9.47 Å². The molecule has 0 unspecified atom stereocenters. The maximum atomic E-state index is 12.0. The summed E-state index contributed by atoms with van der Waals surface area (Å²) in [5.74, 6) is 0.357. The third kappa shape index (κ3) is 4.78. The lowest BCUT2D eigenvalue weighted by atomic mass is 9.95. The van der Waals surface area contributed by atoms with Crippen LogP contribution >= 0.6 is 0 Å². The monoisotopic (exact) mass is 347 g/mol. The van der Waals surface area contributed by atoms with Crippen molar-refractivity contribution in [2.45, 2.75) is 57.8 Å². The molecular formula is C18H25N3O4. The van der Waals surface area contributed by atoms with E-state index in [0.29, 0.717) is 17.2 Å². The highest BCUT2D eigenvalue weighted by atomic mass is 16.7. The Morgan fingerprint density at radius 3 is 2.60 bits per heavy atom. The summed E-state index contributed by atoms with van der Waals surface area (Å²) in [5.41, 5.74) is 0.574. The van der Waals surface area contributed by atoms with Crippen LogP contribution in [0.5, 0.6) is 11.5 Å². The van der Waals surface area contributed by atoms with Crippen molar-refractivity contribution < 1.29 is 19.1 Å². The van der Waals surface area contributed by atoms with E-state index in [0.717, 1.165) is 25.7 Å². The largest absolute Gasteiger partial charge is 0.449 e. The van der Waals surface area contributed by atoms with E-state index in [9.17, 15) is 9.59 Å². The number of ether oxygens (including phenoxy) is 2. The molecule has 3 N–H and O–H groups in total. The second-order valence-electron chi connectivity index (χ2n) is 6.98. The van der Waals surface area contributed by atoms with Gasteiger partial charge in [0.15, 0.2) is 11.5 Å². The molecular weight excluding hydrogens is 322 g/mol. The van der Waals surface area contributed by atoms with Crippen LogP contribution in [0.4, 0.5) is 10.5 Å². The molecule has 2 aliphatic rings. The minimum atomic E-state index is -0.708. The fourth-order valence-electron chi connectivity index (χ4n) is 3.16. The number of carbonyl (C=O) groups is 2. The average molecular weight is 347 g/mol. The number of hydrogen-bond donors (Lipinski definition) is 3. The van der Waals surface area contributed by atoms with Crippen LogP contribution in [0.25, 0.3) is 0 Å². The van der Waals surface area contributed by atoms with Crippen LogP contribution in [-0.4, -0.2) is 30.3 Å². The summed E-state index contributed by atoms with van der Waals surface area (Å²) in [6.07, 6.45) is 5.58. The Bertz CT molecular complexity index is 654. The first kappa shape index (κ1) is 17.4. The van der Waals surface area contributed by atoms with Crippen molar-refractivity contribution in [3.05, 3.63) is 18.2 Å². The molecule has 0 radical (unpaired) electrons. The molecule has 136 valence electrons. The van der Waals surface area contributed by atoms with Crippen molar-refractivity contribution in [2.75, 3.05) is 11.9 Å². The Morgan fingerprint density at radius 1 is 1.12 bits per heavy atom. The van der Waals surface area contributed by atoms with Crippen LogP contribution in [0.2, 0.25) is 0 Å². The van der Waals surface area contributed by atoms with E-state index in [1.54, 1.807) is 18.2 Å². The molecule has 25 heavy (non-hydrogen) atoms. The van der Waals surface area contributed by atoms with Gasteiger partial charge in [-0.25, -0.2) is 4.79 Å². The first-order valence-electron chi connectivity index (χ1n) is 8.78. The van der Waals surface area contributed by atoms with Crippen LogP contribution in [0.15, 0.2) is 18.2 Å². The first-order chi connectivity index (χ1) is 11.9. The molecule has 3 rings (SSSR count). The van der Waals surface area contributed by atoms with E-state index in [1.165, 1.54) is 6.42 Å². The number of anilines is 1. The first-order valence-corrected chi connectivity index (χ1v) is 8.78. The van der Waals surface area contributed by atoms with Crippen molar-refractivity contribution in [1.29, 1.82) is 0 Å². The smallest absolute Gasteiger partial charge is 0.319 e. The predicted octanol–water partition coefficient (Wildman–Crippen LogP) is 2.76. The van der Waals surface area contributed by atoms with Gasteiger partial charge in [-0.2, -0.15) is 0 Å². The van der Waals surface area contributed by atoms with Crippen LogP contribution in [0, 0.1) is 0 Å². The summed E-state index contributed by atoms with van der Waals surface area (Å²) in [4.78, 5) is 23.9. The summed E-state index contributed by atoms with van der Waals surface area (Å²) in [7, 11) is 0. The van der Waals surface area contributed by atoms with Gasteiger partial charge in [0, 0.05) is 31.6 Å². The fourth-order valence-corrected chi connectivity index (χ4v) is 3.16. The van der Waals surface area contributed by atoms with Gasteiger partial charge in [0.25, 0.3) is 0 Å². The number of hydrogen-bond acceptors (Lipinski definition) is 4. The van der Waals surface area contributed by atoms with Gasteiger partial charge in [0.1, 0.15) is 0 Å². The fraction of sp³-hybridized carbons (Fsp3) is 0.556. The molecule has 1 saturated carbocycles. The second kappa shape index (κ2) is 7.21.